The molecule has 0 atom stereocenters. The number of carbonyl (C=O) groups is 1. The Kier molecular flexibility index (Phi) is 3.28. The second kappa shape index (κ2) is 4.45. The fraction of sp³-hybridized carbons (Fsp3) is 0.333. The second-order valence-electron chi connectivity index (χ2n) is 2.63. The van der Waals surface area contributed by atoms with Gasteiger partial charge in [0.2, 0.25) is 11.8 Å². The van der Waals surface area contributed by atoms with E-state index in [1.54, 1.807) is 12.1 Å². The lowest BCUT2D eigenvalue weighted by Crippen LogP contribution is -2.02. The van der Waals surface area contributed by atoms with Gasteiger partial charge in [0.25, 0.3) is 0 Å². The third kappa shape index (κ3) is 2.62. The van der Waals surface area contributed by atoms with Gasteiger partial charge >= 0.3 is 5.97 Å². The van der Waals surface area contributed by atoms with Crippen molar-refractivity contribution in [2.75, 3.05) is 14.2 Å². The standard InChI is InChI=1S/C9H11NO4/c1-13-7-3-6(5-9(11)12)4-8(10-7)14-2/h3-4H,5H2,1-2H3,(H,11,12). The molecular weight excluding hydrogens is 186 g/mol. The van der Waals surface area contributed by atoms with Crippen molar-refractivity contribution in [1.82, 2.24) is 4.98 Å². The fourth-order valence-corrected chi connectivity index (χ4v) is 1.02. The van der Waals surface area contributed by atoms with Crippen LogP contribution in [-0.4, -0.2) is 30.3 Å². The monoisotopic (exact) mass is 197 g/mol. The average molecular weight is 197 g/mol. The highest BCUT2D eigenvalue weighted by atomic mass is 16.5. The Morgan fingerprint density at radius 3 is 2.21 bits per heavy atom. The Morgan fingerprint density at radius 2 is 1.86 bits per heavy atom. The van der Waals surface area contributed by atoms with Crippen LogP contribution in [0, 0.1) is 0 Å². The molecule has 0 spiro atoms. The van der Waals surface area contributed by atoms with Gasteiger partial charge < -0.3 is 14.6 Å². The molecule has 1 aromatic heterocycles. The maximum Gasteiger partial charge on any atom is 0.307 e. The van der Waals surface area contributed by atoms with E-state index in [-0.39, 0.29) is 6.42 Å². The molecule has 0 saturated heterocycles. The maximum absolute atomic E-state index is 10.5. The van der Waals surface area contributed by atoms with E-state index in [4.69, 9.17) is 14.6 Å². The summed E-state index contributed by atoms with van der Waals surface area (Å²) in [5, 5.41) is 8.59. The quantitative estimate of drug-likeness (QED) is 0.770. The summed E-state index contributed by atoms with van der Waals surface area (Å²) in [6.45, 7) is 0. The Labute approximate surface area is 81.3 Å². The first-order valence-corrected chi connectivity index (χ1v) is 3.96. The number of hydrogen-bond acceptors (Lipinski definition) is 4. The number of pyridine rings is 1. The minimum absolute atomic E-state index is 0.0742. The molecule has 14 heavy (non-hydrogen) atoms. The van der Waals surface area contributed by atoms with Gasteiger partial charge in [0.15, 0.2) is 0 Å². The van der Waals surface area contributed by atoms with Gasteiger partial charge in [-0.15, -0.1) is 0 Å². The molecule has 1 N–H and O–H groups in total. The predicted octanol–water partition coefficient (Wildman–Crippen LogP) is 0.726. The molecule has 0 amide bonds. The maximum atomic E-state index is 10.5. The van der Waals surface area contributed by atoms with Crippen molar-refractivity contribution >= 4 is 5.97 Å². The van der Waals surface area contributed by atoms with Crippen molar-refractivity contribution in [2.24, 2.45) is 0 Å². The Balaban J connectivity index is 2.98. The van der Waals surface area contributed by atoms with Crippen LogP contribution >= 0.6 is 0 Å². The zero-order valence-electron chi connectivity index (χ0n) is 7.98. The first kappa shape index (κ1) is 10.3. The minimum atomic E-state index is -0.902. The normalized spacial score (nSPS) is 9.57. The highest BCUT2D eigenvalue weighted by Gasteiger charge is 2.06. The lowest BCUT2D eigenvalue weighted by molar-refractivity contribution is -0.136. The van der Waals surface area contributed by atoms with Crippen molar-refractivity contribution in [3.05, 3.63) is 17.7 Å². The number of ether oxygens (including phenoxy) is 2. The van der Waals surface area contributed by atoms with Crippen molar-refractivity contribution in [1.29, 1.82) is 0 Å². The molecule has 1 rings (SSSR count). The van der Waals surface area contributed by atoms with Gasteiger partial charge in [0.05, 0.1) is 20.6 Å². The van der Waals surface area contributed by atoms with E-state index in [2.05, 4.69) is 4.98 Å². The van der Waals surface area contributed by atoms with Crippen molar-refractivity contribution in [2.45, 2.75) is 6.42 Å². The summed E-state index contributed by atoms with van der Waals surface area (Å²) in [5.41, 5.74) is 0.598. The number of carboxylic acid groups (broad SMARTS) is 1. The summed E-state index contributed by atoms with van der Waals surface area (Å²) in [5.74, 6) is -0.207. The van der Waals surface area contributed by atoms with Crippen molar-refractivity contribution < 1.29 is 19.4 Å². The molecule has 1 aromatic rings. The molecule has 0 aliphatic carbocycles. The van der Waals surface area contributed by atoms with Crippen LogP contribution in [0.25, 0.3) is 0 Å². The number of carboxylic acids is 1. The van der Waals surface area contributed by atoms with Gasteiger partial charge in [-0.1, -0.05) is 0 Å². The Morgan fingerprint density at radius 1 is 1.36 bits per heavy atom. The van der Waals surface area contributed by atoms with Gasteiger partial charge in [-0.2, -0.15) is 4.98 Å². The van der Waals surface area contributed by atoms with Crippen LogP contribution in [0.5, 0.6) is 11.8 Å². The summed E-state index contributed by atoms with van der Waals surface area (Å²) in [6, 6.07) is 3.13. The minimum Gasteiger partial charge on any atom is -0.481 e. The van der Waals surface area contributed by atoms with Crippen molar-refractivity contribution in [3.63, 3.8) is 0 Å². The van der Waals surface area contributed by atoms with E-state index in [1.807, 2.05) is 0 Å². The van der Waals surface area contributed by atoms with E-state index in [0.29, 0.717) is 17.3 Å². The molecule has 0 fully saturated rings. The molecule has 0 radical (unpaired) electrons. The molecule has 0 aromatic carbocycles. The smallest absolute Gasteiger partial charge is 0.307 e. The lowest BCUT2D eigenvalue weighted by Gasteiger charge is -2.05. The van der Waals surface area contributed by atoms with Crippen LogP contribution in [0.1, 0.15) is 5.56 Å². The van der Waals surface area contributed by atoms with Crippen molar-refractivity contribution in [3.8, 4) is 11.8 Å². The Hall–Kier alpha value is -1.78. The van der Waals surface area contributed by atoms with Crippen LogP contribution in [-0.2, 0) is 11.2 Å². The van der Waals surface area contributed by atoms with E-state index in [1.165, 1.54) is 14.2 Å². The van der Waals surface area contributed by atoms with Crippen LogP contribution in [0.4, 0.5) is 0 Å². The number of rotatable bonds is 4. The first-order chi connectivity index (χ1) is 6.65. The number of aliphatic carboxylic acids is 1. The van der Waals surface area contributed by atoms with Gasteiger partial charge in [-0.05, 0) is 5.56 Å². The fourth-order valence-electron chi connectivity index (χ4n) is 1.02. The summed E-state index contributed by atoms with van der Waals surface area (Å²) < 4.78 is 9.79. The second-order valence-corrected chi connectivity index (χ2v) is 2.63. The molecule has 0 bridgehead atoms. The molecule has 0 saturated carbocycles. The molecule has 76 valence electrons. The summed E-state index contributed by atoms with van der Waals surface area (Å²) >= 11 is 0. The number of aromatic nitrogens is 1. The predicted molar refractivity (Wildman–Crippen MR) is 48.7 cm³/mol. The average Bonchev–Trinajstić information content (AvgIpc) is 2.16. The SMILES string of the molecule is COc1cc(CC(=O)O)cc(OC)n1. The van der Waals surface area contributed by atoms with Gasteiger partial charge in [0, 0.05) is 12.1 Å². The highest BCUT2D eigenvalue weighted by molar-refractivity contribution is 5.70. The summed E-state index contributed by atoms with van der Waals surface area (Å²) in [7, 11) is 2.93. The highest BCUT2D eigenvalue weighted by Crippen LogP contribution is 2.17. The van der Waals surface area contributed by atoms with Gasteiger partial charge in [-0.25, -0.2) is 0 Å². The molecule has 5 nitrogen and oxygen atoms in total. The molecule has 0 aliphatic rings. The van der Waals surface area contributed by atoms with Gasteiger partial charge in [-0.3, -0.25) is 4.79 Å². The van der Waals surface area contributed by atoms with Crippen LogP contribution in [0.3, 0.4) is 0 Å². The van der Waals surface area contributed by atoms with Crippen LogP contribution in [0.2, 0.25) is 0 Å². The number of methoxy groups -OCH3 is 2. The van der Waals surface area contributed by atoms with Crippen LogP contribution < -0.4 is 9.47 Å². The lowest BCUT2D eigenvalue weighted by atomic mass is 10.2. The topological polar surface area (TPSA) is 68.7 Å². The van der Waals surface area contributed by atoms with E-state index < -0.39 is 5.97 Å². The third-order valence-electron chi connectivity index (χ3n) is 1.61. The van der Waals surface area contributed by atoms with E-state index in [9.17, 15) is 4.79 Å². The molecule has 5 heteroatoms. The molecule has 0 unspecified atom stereocenters. The summed E-state index contributed by atoms with van der Waals surface area (Å²) in [6.07, 6.45) is -0.0742. The van der Waals surface area contributed by atoms with Gasteiger partial charge in [0.1, 0.15) is 0 Å². The molecular formula is C9H11NO4. The number of nitrogens with zero attached hydrogens (tertiary/aromatic N) is 1. The van der Waals surface area contributed by atoms with Crippen LogP contribution in [0.15, 0.2) is 12.1 Å². The van der Waals surface area contributed by atoms with E-state index >= 15 is 0 Å². The third-order valence-corrected chi connectivity index (χ3v) is 1.61. The summed E-state index contributed by atoms with van der Waals surface area (Å²) in [4.78, 5) is 14.4. The molecule has 1 heterocycles. The van der Waals surface area contributed by atoms with E-state index in [0.717, 1.165) is 0 Å². The zero-order valence-corrected chi connectivity index (χ0v) is 7.98. The zero-order chi connectivity index (χ0) is 10.6. The largest absolute Gasteiger partial charge is 0.481 e. The molecule has 0 aliphatic heterocycles. The first-order valence-electron chi connectivity index (χ1n) is 3.96. The Bertz CT molecular complexity index is 315. The number of hydrogen-bond donors (Lipinski definition) is 1.